The Balaban J connectivity index is 6.74. The minimum absolute atomic E-state index is 0.0653. The molecule has 1 nitrogen and oxygen atoms in total. The molecule has 0 aromatic carbocycles. The summed E-state index contributed by atoms with van der Waals surface area (Å²) >= 11 is 0. The molecular weight excluding hydrogens is 798 g/mol. The van der Waals surface area contributed by atoms with Gasteiger partial charge in [-0.1, -0.05) is 24.3 Å². The van der Waals surface area contributed by atoms with Crippen LogP contribution in [-0.2, 0) is 4.74 Å². The number of rotatable bonds is 16. The number of alkyl halides is 26. The highest BCUT2D eigenvalue weighted by Crippen LogP contribution is 2.62. The van der Waals surface area contributed by atoms with E-state index in [1.54, 1.807) is 0 Å². The lowest BCUT2D eigenvalue weighted by molar-refractivity contribution is -0.436. The van der Waals surface area contributed by atoms with Crippen LogP contribution in [-0.4, -0.2) is 84.8 Å². The molecule has 0 aliphatic rings. The second-order valence-corrected chi connectivity index (χ2v) is 9.77. The van der Waals surface area contributed by atoms with Gasteiger partial charge in [0.05, 0.1) is 13.2 Å². The molecule has 27 heteroatoms. The minimum atomic E-state index is -8.29. The monoisotopic (exact) mass is 814 g/mol. The van der Waals surface area contributed by atoms with Gasteiger partial charge in [0, 0.05) is 0 Å². The number of hydrogen-bond donors (Lipinski definition) is 0. The fraction of sp³-hybridized carbons (Fsp3) is 0.667. The number of allylic oxidation sites excluding steroid dienone is 4. The SMILES string of the molecule is CC=CC(=CC(F)(F)C(F)(F)C(F)(F)C(F)(F)C(F)(F)C(F)(F)F)COCC(C=CC)=CC(F)(F)C(F)(F)C(F)(F)C(F)(F)C(F)(F)C(F)(F)F. The van der Waals surface area contributed by atoms with Crippen molar-refractivity contribution in [2.45, 2.75) is 85.4 Å². The van der Waals surface area contributed by atoms with Crippen LogP contribution in [0.2, 0.25) is 0 Å². The number of hydrogen-bond acceptors (Lipinski definition) is 1. The molecule has 0 atom stereocenters. The van der Waals surface area contributed by atoms with Gasteiger partial charge in [-0.3, -0.25) is 0 Å². The summed E-state index contributed by atoms with van der Waals surface area (Å²) in [4.78, 5) is 0. The van der Waals surface area contributed by atoms with E-state index in [0.717, 1.165) is 13.8 Å². The van der Waals surface area contributed by atoms with Crippen LogP contribution >= 0.6 is 0 Å². The number of ether oxygens (including phenoxy) is 1. The molecule has 0 aromatic heterocycles. The summed E-state index contributed by atoms with van der Waals surface area (Å²) in [6.45, 7) is -2.33. The Hall–Kier alpha value is -2.90. The van der Waals surface area contributed by atoms with Crippen LogP contribution in [0.4, 0.5) is 114 Å². The first-order valence-electron chi connectivity index (χ1n) is 12.3. The van der Waals surface area contributed by atoms with Crippen molar-refractivity contribution in [2.24, 2.45) is 0 Å². The highest BCUT2D eigenvalue weighted by molar-refractivity contribution is 5.28. The van der Waals surface area contributed by atoms with Crippen molar-refractivity contribution in [1.29, 1.82) is 0 Å². The van der Waals surface area contributed by atoms with E-state index in [4.69, 9.17) is 0 Å². The lowest BCUT2D eigenvalue weighted by Crippen LogP contribution is -2.69. The molecule has 0 rings (SSSR count). The van der Waals surface area contributed by atoms with Gasteiger partial charge in [0.1, 0.15) is 0 Å². The van der Waals surface area contributed by atoms with Crippen molar-refractivity contribution in [1.82, 2.24) is 0 Å². The molecule has 300 valence electrons. The molecule has 0 spiro atoms. The van der Waals surface area contributed by atoms with Crippen LogP contribution in [0.15, 0.2) is 47.6 Å². The van der Waals surface area contributed by atoms with E-state index in [2.05, 4.69) is 4.74 Å². The average molecular weight is 814 g/mol. The molecule has 0 heterocycles. The Morgan fingerprint density at radius 1 is 0.353 bits per heavy atom. The highest BCUT2D eigenvalue weighted by Gasteiger charge is 2.91. The molecule has 51 heavy (non-hydrogen) atoms. The van der Waals surface area contributed by atoms with Crippen LogP contribution in [0.3, 0.4) is 0 Å². The molecule has 0 aliphatic carbocycles. The van der Waals surface area contributed by atoms with Crippen LogP contribution in [0.1, 0.15) is 13.8 Å². The summed E-state index contributed by atoms with van der Waals surface area (Å²) in [6.07, 6.45) is -17.5. The molecule has 0 fully saturated rings. The standard InChI is InChI=1S/C24H16F26O/c1-3-5-11(7-13(25,26)15(29,30)17(33,34)19(37,38)21(41,42)23(45,46)47)9-51-10-12(6-4-2)8-14(27,28)16(31,32)18(35,36)20(39,40)22(43,44)24(48,49)50/h3-8H,9-10H2,1-2H3. The molecule has 0 N–H and O–H groups in total. The second kappa shape index (κ2) is 14.2. The fourth-order valence-electron chi connectivity index (χ4n) is 3.20. The van der Waals surface area contributed by atoms with Gasteiger partial charge in [-0.15, -0.1) is 0 Å². The summed E-state index contributed by atoms with van der Waals surface area (Å²) in [5, 5.41) is 0. The molecule has 0 unspecified atom stereocenters. The van der Waals surface area contributed by atoms with Crippen molar-refractivity contribution >= 4 is 0 Å². The van der Waals surface area contributed by atoms with Gasteiger partial charge in [-0.05, 0) is 37.1 Å². The zero-order valence-corrected chi connectivity index (χ0v) is 24.1. The van der Waals surface area contributed by atoms with Crippen molar-refractivity contribution < 1.29 is 119 Å². The number of halogens is 26. The van der Waals surface area contributed by atoms with E-state index in [0.29, 0.717) is 12.2 Å². The van der Waals surface area contributed by atoms with E-state index in [-0.39, 0.29) is 12.2 Å². The summed E-state index contributed by atoms with van der Waals surface area (Å²) in [5.74, 6) is -78.7. The quantitative estimate of drug-likeness (QED) is 0.111. The van der Waals surface area contributed by atoms with E-state index in [1.807, 2.05) is 0 Å². The van der Waals surface area contributed by atoms with Crippen molar-refractivity contribution in [3.8, 4) is 0 Å². The Kier molecular flexibility index (Phi) is 13.3. The molecule has 0 saturated carbocycles. The van der Waals surface area contributed by atoms with Gasteiger partial charge < -0.3 is 4.74 Å². The molecule has 0 aliphatic heterocycles. The lowest BCUT2D eigenvalue weighted by Gasteiger charge is -2.39. The van der Waals surface area contributed by atoms with Crippen molar-refractivity contribution in [3.63, 3.8) is 0 Å². The third-order valence-electron chi connectivity index (χ3n) is 5.95. The Bertz CT molecular complexity index is 1220. The maximum Gasteiger partial charge on any atom is 0.460 e. The summed E-state index contributed by atoms with van der Waals surface area (Å²) < 4.78 is 351. The van der Waals surface area contributed by atoms with Gasteiger partial charge in [0.2, 0.25) is 0 Å². The average Bonchev–Trinajstić information content (AvgIpc) is 2.90. The molecule has 0 aromatic rings. The maximum absolute atomic E-state index is 14.2. The van der Waals surface area contributed by atoms with Gasteiger partial charge in [-0.25, -0.2) is 0 Å². The third-order valence-corrected chi connectivity index (χ3v) is 5.95. The first kappa shape index (κ1) is 48.1. The maximum atomic E-state index is 14.2. The molecule has 0 bridgehead atoms. The summed E-state index contributed by atoms with van der Waals surface area (Å²) in [7, 11) is 0. The Morgan fingerprint density at radius 3 is 0.765 bits per heavy atom. The topological polar surface area (TPSA) is 9.23 Å². The Morgan fingerprint density at radius 2 is 0.569 bits per heavy atom. The van der Waals surface area contributed by atoms with Crippen molar-refractivity contribution in [3.05, 3.63) is 47.6 Å². The van der Waals surface area contributed by atoms with Gasteiger partial charge in [0.15, 0.2) is 0 Å². The molecule has 0 saturated heterocycles. The van der Waals surface area contributed by atoms with E-state index in [9.17, 15) is 114 Å². The normalized spacial score (nSPS) is 16.9. The second-order valence-electron chi connectivity index (χ2n) is 9.77. The largest absolute Gasteiger partial charge is 0.460 e. The van der Waals surface area contributed by atoms with Crippen LogP contribution in [0.25, 0.3) is 0 Å². The fourth-order valence-corrected chi connectivity index (χ4v) is 3.20. The highest BCUT2D eigenvalue weighted by atomic mass is 19.4. The van der Waals surface area contributed by atoms with Crippen molar-refractivity contribution in [2.75, 3.05) is 13.2 Å². The van der Waals surface area contributed by atoms with Gasteiger partial charge in [-0.2, -0.15) is 114 Å². The van der Waals surface area contributed by atoms with E-state index >= 15 is 0 Å². The predicted octanol–water partition coefficient (Wildman–Crippen LogP) is 11.5. The first-order valence-corrected chi connectivity index (χ1v) is 12.3. The minimum Gasteiger partial charge on any atom is -0.372 e. The Labute approximate surface area is 266 Å². The van der Waals surface area contributed by atoms with Gasteiger partial charge >= 0.3 is 71.6 Å². The molecule has 0 radical (unpaired) electrons. The molecule has 0 amide bonds. The summed E-state index contributed by atoms with van der Waals surface area (Å²) in [6, 6.07) is 0. The third kappa shape index (κ3) is 8.05. The van der Waals surface area contributed by atoms with E-state index < -0.39 is 108 Å². The summed E-state index contributed by atoms with van der Waals surface area (Å²) in [5.41, 5.74) is -3.44. The first-order chi connectivity index (χ1) is 22.1. The lowest BCUT2D eigenvalue weighted by atomic mass is 9.93. The smallest absolute Gasteiger partial charge is 0.372 e. The predicted molar refractivity (Wildman–Crippen MR) is 118 cm³/mol. The van der Waals surface area contributed by atoms with Crippen LogP contribution in [0.5, 0.6) is 0 Å². The molecular formula is C24H16F26O. The van der Waals surface area contributed by atoms with Gasteiger partial charge in [0.25, 0.3) is 0 Å². The van der Waals surface area contributed by atoms with E-state index in [1.165, 1.54) is 0 Å². The van der Waals surface area contributed by atoms with Crippen LogP contribution < -0.4 is 0 Å². The zero-order valence-electron chi connectivity index (χ0n) is 24.1. The van der Waals surface area contributed by atoms with Crippen LogP contribution in [0, 0.1) is 0 Å². The zero-order chi connectivity index (χ0) is 41.5.